The average molecular weight is 189 g/mol. The first kappa shape index (κ1) is 8.90. The molecular weight excluding hydrogens is 178 g/mol. The smallest absolute Gasteiger partial charge is 0.137 e. The van der Waals surface area contributed by atoms with E-state index in [0.29, 0.717) is 5.69 Å². The molecule has 0 bridgehead atoms. The summed E-state index contributed by atoms with van der Waals surface area (Å²) in [4.78, 5) is 4.08. The van der Waals surface area contributed by atoms with Crippen LogP contribution in [0.4, 0.5) is 0 Å². The number of nitrogens with zero attached hydrogens (tertiary/aromatic N) is 3. The van der Waals surface area contributed by atoms with Crippen molar-refractivity contribution in [1.29, 1.82) is 0 Å². The zero-order valence-electron chi connectivity index (χ0n) is 7.83. The van der Waals surface area contributed by atoms with Crippen molar-refractivity contribution in [3.63, 3.8) is 0 Å². The fourth-order valence-electron chi connectivity index (χ4n) is 1.34. The molecule has 14 heavy (non-hydrogen) atoms. The Hall–Kier alpha value is -1.68. The molecule has 0 aliphatic rings. The lowest BCUT2D eigenvalue weighted by Crippen LogP contribution is -2.07. The molecule has 2 rings (SSSR count). The lowest BCUT2D eigenvalue weighted by molar-refractivity contribution is 0.205. The summed E-state index contributed by atoms with van der Waals surface area (Å²) in [5, 5.41) is 13.9. The maximum absolute atomic E-state index is 9.94. The van der Waals surface area contributed by atoms with Gasteiger partial charge in [-0.2, -0.15) is 5.10 Å². The fourth-order valence-corrected chi connectivity index (χ4v) is 1.34. The number of aliphatic hydroxyl groups excluding tert-OH is 1. The van der Waals surface area contributed by atoms with Crippen LogP contribution in [0.3, 0.4) is 0 Å². The topological polar surface area (TPSA) is 50.9 Å². The van der Waals surface area contributed by atoms with Crippen LogP contribution >= 0.6 is 0 Å². The van der Waals surface area contributed by atoms with E-state index >= 15 is 0 Å². The van der Waals surface area contributed by atoms with Crippen molar-refractivity contribution >= 4 is 0 Å². The first-order valence-corrected chi connectivity index (χ1v) is 4.36. The number of aryl methyl sites for hydroxylation is 1. The SMILES string of the molecule is Cn1nccc1C(O)c1ccccn1. The minimum atomic E-state index is -0.705. The summed E-state index contributed by atoms with van der Waals surface area (Å²) >= 11 is 0. The largest absolute Gasteiger partial charge is 0.380 e. The first-order chi connectivity index (χ1) is 6.79. The predicted molar refractivity (Wildman–Crippen MR) is 51.5 cm³/mol. The number of aliphatic hydroxyl groups is 1. The summed E-state index contributed by atoms with van der Waals surface area (Å²) in [6, 6.07) is 7.23. The standard InChI is InChI=1S/C10H11N3O/c1-13-9(5-7-12-13)10(14)8-4-2-3-6-11-8/h2-7,10,14H,1H3. The van der Waals surface area contributed by atoms with Crippen LogP contribution in [0, 0.1) is 0 Å². The maximum Gasteiger partial charge on any atom is 0.137 e. The Labute approximate surface area is 81.8 Å². The second-order valence-corrected chi connectivity index (χ2v) is 3.04. The lowest BCUT2D eigenvalue weighted by atomic mass is 10.2. The van der Waals surface area contributed by atoms with Gasteiger partial charge in [-0.25, -0.2) is 0 Å². The van der Waals surface area contributed by atoms with Crippen molar-refractivity contribution in [1.82, 2.24) is 14.8 Å². The fraction of sp³-hybridized carbons (Fsp3) is 0.200. The van der Waals surface area contributed by atoms with E-state index in [4.69, 9.17) is 0 Å². The number of rotatable bonds is 2. The van der Waals surface area contributed by atoms with Crippen molar-refractivity contribution in [3.05, 3.63) is 48.0 Å². The molecular formula is C10H11N3O. The van der Waals surface area contributed by atoms with Crippen LogP contribution < -0.4 is 0 Å². The second kappa shape index (κ2) is 3.59. The molecule has 72 valence electrons. The van der Waals surface area contributed by atoms with E-state index in [1.807, 2.05) is 12.1 Å². The minimum absolute atomic E-state index is 0.635. The summed E-state index contributed by atoms with van der Waals surface area (Å²) in [6.45, 7) is 0. The first-order valence-electron chi connectivity index (χ1n) is 4.36. The van der Waals surface area contributed by atoms with Crippen molar-refractivity contribution in [2.45, 2.75) is 6.10 Å². The molecule has 1 N–H and O–H groups in total. The molecule has 0 radical (unpaired) electrons. The normalized spacial score (nSPS) is 12.7. The van der Waals surface area contributed by atoms with E-state index in [9.17, 15) is 5.11 Å². The van der Waals surface area contributed by atoms with E-state index in [1.54, 1.807) is 36.3 Å². The number of hydrogen-bond acceptors (Lipinski definition) is 3. The summed E-state index contributed by atoms with van der Waals surface area (Å²) < 4.78 is 1.64. The Morgan fingerprint density at radius 3 is 2.71 bits per heavy atom. The number of pyridine rings is 1. The zero-order valence-corrected chi connectivity index (χ0v) is 7.83. The van der Waals surface area contributed by atoms with Gasteiger partial charge in [-0.15, -0.1) is 0 Å². The Bertz CT molecular complexity index is 410. The van der Waals surface area contributed by atoms with Gasteiger partial charge in [-0.1, -0.05) is 6.07 Å². The van der Waals surface area contributed by atoms with Crippen molar-refractivity contribution in [2.24, 2.45) is 7.05 Å². The molecule has 0 fully saturated rings. The van der Waals surface area contributed by atoms with Gasteiger partial charge in [-0.3, -0.25) is 9.67 Å². The third kappa shape index (κ3) is 1.52. The van der Waals surface area contributed by atoms with Crippen LogP contribution in [-0.2, 0) is 7.05 Å². The highest BCUT2D eigenvalue weighted by atomic mass is 16.3. The van der Waals surface area contributed by atoms with E-state index in [0.717, 1.165) is 5.69 Å². The van der Waals surface area contributed by atoms with Gasteiger partial charge in [0.2, 0.25) is 0 Å². The van der Waals surface area contributed by atoms with Gasteiger partial charge < -0.3 is 5.11 Å². The predicted octanol–water partition coefficient (Wildman–Crippen LogP) is 0.897. The van der Waals surface area contributed by atoms with E-state index < -0.39 is 6.10 Å². The van der Waals surface area contributed by atoms with Crippen LogP contribution in [0.15, 0.2) is 36.7 Å². The van der Waals surface area contributed by atoms with Crippen molar-refractivity contribution < 1.29 is 5.11 Å². The molecule has 2 aromatic rings. The monoisotopic (exact) mass is 189 g/mol. The van der Waals surface area contributed by atoms with Gasteiger partial charge in [0.15, 0.2) is 0 Å². The Balaban J connectivity index is 2.34. The van der Waals surface area contributed by atoms with Gasteiger partial charge in [-0.05, 0) is 18.2 Å². The molecule has 2 aromatic heterocycles. The zero-order chi connectivity index (χ0) is 9.97. The third-order valence-corrected chi connectivity index (χ3v) is 2.11. The molecule has 4 nitrogen and oxygen atoms in total. The maximum atomic E-state index is 9.94. The summed E-state index contributed by atoms with van der Waals surface area (Å²) in [5.74, 6) is 0. The van der Waals surface area contributed by atoms with Gasteiger partial charge in [0.1, 0.15) is 6.10 Å². The van der Waals surface area contributed by atoms with Gasteiger partial charge in [0, 0.05) is 19.4 Å². The second-order valence-electron chi connectivity index (χ2n) is 3.04. The van der Waals surface area contributed by atoms with E-state index in [2.05, 4.69) is 10.1 Å². The van der Waals surface area contributed by atoms with E-state index in [-0.39, 0.29) is 0 Å². The Morgan fingerprint density at radius 1 is 1.29 bits per heavy atom. The van der Waals surface area contributed by atoms with Gasteiger partial charge in [0.05, 0.1) is 11.4 Å². The number of hydrogen-bond donors (Lipinski definition) is 1. The Morgan fingerprint density at radius 2 is 2.14 bits per heavy atom. The molecule has 0 spiro atoms. The molecule has 4 heteroatoms. The van der Waals surface area contributed by atoms with Crippen LogP contribution in [0.5, 0.6) is 0 Å². The van der Waals surface area contributed by atoms with E-state index in [1.165, 1.54) is 0 Å². The molecule has 0 aromatic carbocycles. The molecule has 0 saturated heterocycles. The number of aromatic nitrogens is 3. The van der Waals surface area contributed by atoms with Crippen LogP contribution in [0.25, 0.3) is 0 Å². The summed E-state index contributed by atoms with van der Waals surface area (Å²) in [6.07, 6.45) is 2.61. The molecule has 1 unspecified atom stereocenters. The molecule has 0 amide bonds. The highest BCUT2D eigenvalue weighted by Crippen LogP contribution is 2.18. The van der Waals surface area contributed by atoms with Crippen LogP contribution in [0.1, 0.15) is 17.5 Å². The highest BCUT2D eigenvalue weighted by Gasteiger charge is 2.14. The highest BCUT2D eigenvalue weighted by molar-refractivity contribution is 5.18. The molecule has 0 aliphatic carbocycles. The van der Waals surface area contributed by atoms with Crippen LogP contribution in [0.2, 0.25) is 0 Å². The molecule has 0 saturated carbocycles. The van der Waals surface area contributed by atoms with Gasteiger partial charge in [0.25, 0.3) is 0 Å². The van der Waals surface area contributed by atoms with Crippen LogP contribution in [-0.4, -0.2) is 19.9 Å². The molecule has 1 atom stereocenters. The summed E-state index contributed by atoms with van der Waals surface area (Å²) in [7, 11) is 1.79. The quantitative estimate of drug-likeness (QED) is 0.763. The summed E-state index contributed by atoms with van der Waals surface area (Å²) in [5.41, 5.74) is 1.37. The van der Waals surface area contributed by atoms with Crippen molar-refractivity contribution in [3.8, 4) is 0 Å². The Kier molecular flexibility index (Phi) is 2.28. The van der Waals surface area contributed by atoms with Crippen molar-refractivity contribution in [2.75, 3.05) is 0 Å². The molecule has 2 heterocycles. The third-order valence-electron chi connectivity index (χ3n) is 2.11. The minimum Gasteiger partial charge on any atom is -0.380 e. The molecule has 0 aliphatic heterocycles. The van der Waals surface area contributed by atoms with Gasteiger partial charge >= 0.3 is 0 Å². The lowest BCUT2D eigenvalue weighted by Gasteiger charge is -2.09. The average Bonchev–Trinajstić information content (AvgIpc) is 2.65.